The lowest BCUT2D eigenvalue weighted by atomic mass is 9.95. The second kappa shape index (κ2) is 6.75. The van der Waals surface area contributed by atoms with Crippen LogP contribution in [0.2, 0.25) is 0 Å². The third-order valence-corrected chi connectivity index (χ3v) is 4.95. The van der Waals surface area contributed by atoms with Gasteiger partial charge in [0, 0.05) is 23.5 Å². The molecule has 132 valence electrons. The average molecular weight is 348 g/mol. The molecule has 2 heterocycles. The molecular weight excluding hydrogens is 328 g/mol. The SMILES string of the molecule is CC(OC(=O)c1ccncc1)C(=O)n1c2c(c3ccccc31)CCCC2. The summed E-state index contributed by atoms with van der Waals surface area (Å²) >= 11 is 0. The van der Waals surface area contributed by atoms with Crippen molar-refractivity contribution in [1.29, 1.82) is 0 Å². The van der Waals surface area contributed by atoms with Crippen molar-refractivity contribution in [3.8, 4) is 0 Å². The molecule has 0 radical (unpaired) electrons. The molecule has 0 fully saturated rings. The maximum Gasteiger partial charge on any atom is 0.339 e. The maximum absolute atomic E-state index is 13.1. The number of aromatic nitrogens is 2. The molecule has 0 bridgehead atoms. The number of aryl methyl sites for hydroxylation is 1. The fraction of sp³-hybridized carbons (Fsp3) is 0.286. The van der Waals surface area contributed by atoms with Crippen LogP contribution in [0.15, 0.2) is 48.8 Å². The second-order valence-corrected chi connectivity index (χ2v) is 6.61. The van der Waals surface area contributed by atoms with E-state index < -0.39 is 12.1 Å². The number of pyridine rings is 1. The first-order chi connectivity index (χ1) is 12.7. The van der Waals surface area contributed by atoms with E-state index >= 15 is 0 Å². The van der Waals surface area contributed by atoms with Crippen LogP contribution in [0.5, 0.6) is 0 Å². The summed E-state index contributed by atoms with van der Waals surface area (Å²) in [5, 5.41) is 1.13. The number of nitrogens with zero attached hydrogens (tertiary/aromatic N) is 2. The average Bonchev–Trinajstić information content (AvgIpc) is 3.02. The summed E-state index contributed by atoms with van der Waals surface area (Å²) in [6, 6.07) is 11.1. The van der Waals surface area contributed by atoms with Crippen molar-refractivity contribution in [2.24, 2.45) is 0 Å². The number of rotatable bonds is 3. The Kier molecular flexibility index (Phi) is 4.29. The molecule has 5 nitrogen and oxygen atoms in total. The third-order valence-electron chi connectivity index (χ3n) is 4.95. The number of carbonyl (C=O) groups is 2. The van der Waals surface area contributed by atoms with Crippen molar-refractivity contribution < 1.29 is 14.3 Å². The van der Waals surface area contributed by atoms with Crippen LogP contribution in [0.4, 0.5) is 0 Å². The van der Waals surface area contributed by atoms with Crippen LogP contribution in [0.25, 0.3) is 10.9 Å². The molecule has 0 amide bonds. The third kappa shape index (κ3) is 2.79. The zero-order valence-corrected chi connectivity index (χ0v) is 14.6. The van der Waals surface area contributed by atoms with Crippen molar-refractivity contribution in [3.63, 3.8) is 0 Å². The van der Waals surface area contributed by atoms with E-state index in [4.69, 9.17) is 4.74 Å². The zero-order chi connectivity index (χ0) is 18.1. The summed E-state index contributed by atoms with van der Waals surface area (Å²) in [5.74, 6) is -0.717. The van der Waals surface area contributed by atoms with Crippen molar-refractivity contribution in [1.82, 2.24) is 9.55 Å². The quantitative estimate of drug-likeness (QED) is 0.676. The van der Waals surface area contributed by atoms with Crippen LogP contribution < -0.4 is 0 Å². The Balaban J connectivity index is 1.67. The molecule has 0 aliphatic heterocycles. The maximum atomic E-state index is 13.1. The molecule has 2 aromatic heterocycles. The minimum Gasteiger partial charge on any atom is -0.449 e. The highest BCUT2D eigenvalue weighted by molar-refractivity contribution is 5.99. The number of benzene rings is 1. The fourth-order valence-corrected chi connectivity index (χ4v) is 3.70. The topological polar surface area (TPSA) is 61.2 Å². The van der Waals surface area contributed by atoms with Crippen LogP contribution in [-0.2, 0) is 17.6 Å². The van der Waals surface area contributed by atoms with E-state index in [0.717, 1.165) is 42.3 Å². The summed E-state index contributed by atoms with van der Waals surface area (Å²) in [6.45, 7) is 1.63. The van der Waals surface area contributed by atoms with Gasteiger partial charge in [0.05, 0.1) is 11.1 Å². The molecule has 0 saturated heterocycles. The summed E-state index contributed by atoms with van der Waals surface area (Å²) in [5.41, 5.74) is 3.61. The van der Waals surface area contributed by atoms with Crippen LogP contribution in [-0.4, -0.2) is 27.5 Å². The van der Waals surface area contributed by atoms with Gasteiger partial charge in [-0.15, -0.1) is 0 Å². The number of carbonyl (C=O) groups excluding carboxylic acids is 2. The minimum atomic E-state index is -0.863. The van der Waals surface area contributed by atoms with Gasteiger partial charge in [0.2, 0.25) is 0 Å². The van der Waals surface area contributed by atoms with Gasteiger partial charge in [-0.25, -0.2) is 4.79 Å². The van der Waals surface area contributed by atoms with Crippen LogP contribution in [0.1, 0.15) is 46.2 Å². The predicted octanol–water partition coefficient (Wildman–Crippen LogP) is 3.80. The van der Waals surface area contributed by atoms with E-state index in [1.54, 1.807) is 23.6 Å². The molecule has 5 heteroatoms. The van der Waals surface area contributed by atoms with Crippen LogP contribution in [0, 0.1) is 0 Å². The van der Waals surface area contributed by atoms with Gasteiger partial charge in [0.15, 0.2) is 6.10 Å². The number of fused-ring (bicyclic) bond motifs is 3. The van der Waals surface area contributed by atoms with E-state index in [-0.39, 0.29) is 5.91 Å². The minimum absolute atomic E-state index is 0.202. The normalized spacial score (nSPS) is 14.7. The van der Waals surface area contributed by atoms with Crippen molar-refractivity contribution in [3.05, 3.63) is 65.6 Å². The van der Waals surface area contributed by atoms with Gasteiger partial charge >= 0.3 is 5.97 Å². The van der Waals surface area contributed by atoms with Gasteiger partial charge in [-0.1, -0.05) is 18.2 Å². The van der Waals surface area contributed by atoms with Gasteiger partial charge in [-0.05, 0) is 56.4 Å². The molecule has 1 atom stereocenters. The lowest BCUT2D eigenvalue weighted by Gasteiger charge is -2.18. The summed E-state index contributed by atoms with van der Waals surface area (Å²) in [4.78, 5) is 29.3. The molecule has 26 heavy (non-hydrogen) atoms. The Hall–Kier alpha value is -2.95. The van der Waals surface area contributed by atoms with E-state index in [1.807, 2.05) is 18.2 Å². The Labute approximate surface area is 151 Å². The monoisotopic (exact) mass is 348 g/mol. The summed E-state index contributed by atoms with van der Waals surface area (Å²) in [6.07, 6.45) is 6.27. The van der Waals surface area contributed by atoms with Crippen molar-refractivity contribution in [2.45, 2.75) is 38.7 Å². The Morgan fingerprint density at radius 3 is 2.62 bits per heavy atom. The highest BCUT2D eigenvalue weighted by atomic mass is 16.5. The lowest BCUT2D eigenvalue weighted by Crippen LogP contribution is -2.30. The number of hydrogen-bond donors (Lipinski definition) is 0. The molecule has 0 N–H and O–H groups in total. The van der Waals surface area contributed by atoms with Crippen LogP contribution in [0.3, 0.4) is 0 Å². The van der Waals surface area contributed by atoms with Gasteiger partial charge < -0.3 is 4.74 Å². The molecule has 1 unspecified atom stereocenters. The van der Waals surface area contributed by atoms with E-state index in [9.17, 15) is 9.59 Å². The first-order valence-corrected chi connectivity index (χ1v) is 8.93. The predicted molar refractivity (Wildman–Crippen MR) is 98.3 cm³/mol. The highest BCUT2D eigenvalue weighted by Gasteiger charge is 2.27. The first-order valence-electron chi connectivity index (χ1n) is 8.93. The molecular formula is C21H20N2O3. The van der Waals surface area contributed by atoms with E-state index in [1.165, 1.54) is 18.0 Å². The Morgan fingerprint density at radius 1 is 1.08 bits per heavy atom. The Morgan fingerprint density at radius 2 is 1.81 bits per heavy atom. The number of ether oxygens (including phenoxy) is 1. The smallest absolute Gasteiger partial charge is 0.339 e. The molecule has 4 rings (SSSR count). The number of para-hydroxylation sites is 1. The van der Waals surface area contributed by atoms with Gasteiger partial charge in [0.1, 0.15) is 0 Å². The summed E-state index contributed by atoms with van der Waals surface area (Å²) in [7, 11) is 0. The first kappa shape index (κ1) is 16.5. The Bertz CT molecular complexity index is 976. The second-order valence-electron chi connectivity index (χ2n) is 6.61. The van der Waals surface area contributed by atoms with E-state index in [2.05, 4.69) is 11.1 Å². The fourth-order valence-electron chi connectivity index (χ4n) is 3.70. The highest BCUT2D eigenvalue weighted by Crippen LogP contribution is 2.32. The molecule has 1 aliphatic rings. The van der Waals surface area contributed by atoms with Gasteiger partial charge in [0.25, 0.3) is 5.91 Å². The molecule has 1 aliphatic carbocycles. The largest absolute Gasteiger partial charge is 0.449 e. The van der Waals surface area contributed by atoms with Crippen molar-refractivity contribution in [2.75, 3.05) is 0 Å². The van der Waals surface area contributed by atoms with Gasteiger partial charge in [-0.2, -0.15) is 0 Å². The van der Waals surface area contributed by atoms with Crippen molar-refractivity contribution >= 4 is 22.8 Å². The molecule has 3 aromatic rings. The number of hydrogen-bond acceptors (Lipinski definition) is 4. The molecule has 1 aromatic carbocycles. The lowest BCUT2D eigenvalue weighted by molar-refractivity contribution is 0.0284. The zero-order valence-electron chi connectivity index (χ0n) is 14.6. The summed E-state index contributed by atoms with van der Waals surface area (Å²) < 4.78 is 7.18. The molecule has 0 saturated carbocycles. The van der Waals surface area contributed by atoms with Crippen LogP contribution >= 0.6 is 0 Å². The molecule has 0 spiro atoms. The van der Waals surface area contributed by atoms with Gasteiger partial charge in [-0.3, -0.25) is 14.3 Å². The number of esters is 1. The standard InChI is InChI=1S/C21H20N2O3/c1-14(26-21(25)15-10-12-22-13-11-15)20(24)23-18-8-4-2-6-16(18)17-7-3-5-9-19(17)23/h2,4,6,8,10-14H,3,5,7,9H2,1H3. The van der Waals surface area contributed by atoms with E-state index in [0.29, 0.717) is 5.56 Å².